The summed E-state index contributed by atoms with van der Waals surface area (Å²) >= 11 is 0. The van der Waals surface area contributed by atoms with Gasteiger partial charge in [0.25, 0.3) is 0 Å². The highest BCUT2D eigenvalue weighted by atomic mass is 19.4. The number of para-hydroxylation sites is 2. The van der Waals surface area contributed by atoms with Crippen molar-refractivity contribution in [2.45, 2.75) is 43.4 Å². The van der Waals surface area contributed by atoms with Gasteiger partial charge in [-0.1, -0.05) is 127 Å². The Hall–Kier alpha value is -5.81. The van der Waals surface area contributed by atoms with E-state index in [2.05, 4.69) is 115 Å². The Morgan fingerprint density at radius 2 is 1.10 bits per heavy atom. The van der Waals surface area contributed by atoms with Crippen molar-refractivity contribution in [3.05, 3.63) is 191 Å². The quantitative estimate of drug-likeness (QED) is 0.182. The zero-order valence-electron chi connectivity index (χ0n) is 28.6. The fraction of sp³-hybridized carbons (Fsp3) is 0.149. The molecule has 0 amide bonds. The molecule has 10 rings (SSSR count). The van der Waals surface area contributed by atoms with Crippen molar-refractivity contribution in [3.63, 3.8) is 0 Å². The van der Waals surface area contributed by atoms with Gasteiger partial charge in [0.15, 0.2) is 0 Å². The van der Waals surface area contributed by atoms with E-state index in [1.807, 2.05) is 54.6 Å². The maximum Gasteiger partial charge on any atom is 0.409 e. The first-order valence-electron chi connectivity index (χ1n) is 18.0. The summed E-state index contributed by atoms with van der Waals surface area (Å²) in [5.74, 6) is 0. The Morgan fingerprint density at radius 3 is 1.75 bits per heavy atom. The van der Waals surface area contributed by atoms with Crippen molar-refractivity contribution in [2.24, 2.45) is 0 Å². The second kappa shape index (κ2) is 11.3. The summed E-state index contributed by atoms with van der Waals surface area (Å²) in [5.41, 5.74) is 11.2. The highest BCUT2D eigenvalue weighted by Crippen LogP contribution is 2.61. The van der Waals surface area contributed by atoms with Crippen LogP contribution in [0.4, 0.5) is 35.9 Å². The second-order valence-electron chi connectivity index (χ2n) is 14.4. The van der Waals surface area contributed by atoms with E-state index in [1.165, 1.54) is 11.3 Å². The lowest BCUT2D eigenvalue weighted by molar-refractivity contribution is -0.145. The fourth-order valence-corrected chi connectivity index (χ4v) is 9.57. The van der Waals surface area contributed by atoms with Crippen LogP contribution in [0.1, 0.15) is 40.3 Å². The third-order valence-electron chi connectivity index (χ3n) is 11.6. The Balaban J connectivity index is 1.32. The Bertz CT molecular complexity index is 2470. The van der Waals surface area contributed by atoms with Gasteiger partial charge in [-0.2, -0.15) is 13.2 Å². The summed E-state index contributed by atoms with van der Waals surface area (Å²) < 4.78 is 45.3. The van der Waals surface area contributed by atoms with Crippen LogP contribution >= 0.6 is 0 Å². The molecule has 7 aromatic rings. The minimum absolute atomic E-state index is 0.0906. The van der Waals surface area contributed by atoms with Crippen molar-refractivity contribution in [3.8, 4) is 11.1 Å². The van der Waals surface area contributed by atoms with Crippen LogP contribution in [0, 0.1) is 0 Å². The van der Waals surface area contributed by atoms with Gasteiger partial charge in [0.2, 0.25) is 0 Å². The van der Waals surface area contributed by atoms with E-state index in [0.29, 0.717) is 16.9 Å². The van der Waals surface area contributed by atoms with E-state index >= 15 is 13.2 Å². The number of benzene rings is 7. The highest BCUT2D eigenvalue weighted by molar-refractivity contribution is 6.10. The van der Waals surface area contributed by atoms with Crippen LogP contribution in [-0.4, -0.2) is 18.3 Å². The molecule has 2 aliphatic heterocycles. The lowest BCUT2D eigenvalue weighted by Crippen LogP contribution is -2.41. The van der Waals surface area contributed by atoms with Crippen molar-refractivity contribution in [1.29, 1.82) is 0 Å². The van der Waals surface area contributed by atoms with E-state index in [-0.39, 0.29) is 12.5 Å². The molecule has 2 nitrogen and oxygen atoms in total. The summed E-state index contributed by atoms with van der Waals surface area (Å²) in [5, 5.41) is 1.75. The fourth-order valence-electron chi connectivity index (χ4n) is 9.57. The molecule has 0 saturated heterocycles. The first-order valence-corrected chi connectivity index (χ1v) is 18.0. The van der Waals surface area contributed by atoms with Crippen LogP contribution in [0.2, 0.25) is 0 Å². The average molecular weight is 685 g/mol. The largest absolute Gasteiger partial charge is 0.409 e. The first kappa shape index (κ1) is 31.0. The summed E-state index contributed by atoms with van der Waals surface area (Å²) in [6, 6.07) is 52.5. The average Bonchev–Trinajstić information content (AvgIpc) is 3.82. The van der Waals surface area contributed by atoms with Crippen molar-refractivity contribution in [1.82, 2.24) is 0 Å². The molecular formula is C47H35F3N2. The van der Waals surface area contributed by atoms with Crippen LogP contribution in [0.15, 0.2) is 158 Å². The molecule has 0 fully saturated rings. The van der Waals surface area contributed by atoms with Crippen molar-refractivity contribution in [2.75, 3.05) is 9.80 Å². The minimum Gasteiger partial charge on any atom is -0.338 e. The number of hydrogen-bond acceptors (Lipinski definition) is 2. The number of anilines is 4. The Labute approximate surface area is 301 Å². The molecule has 7 aromatic carbocycles. The normalized spacial score (nSPS) is 18.3. The molecule has 0 radical (unpaired) electrons. The number of fused-ring (bicyclic) bond motifs is 7. The molecule has 3 aliphatic rings. The van der Waals surface area contributed by atoms with Crippen LogP contribution in [-0.2, 0) is 18.3 Å². The van der Waals surface area contributed by atoms with Crippen LogP contribution in [0.25, 0.3) is 21.9 Å². The number of halogens is 3. The Morgan fingerprint density at radius 1 is 0.538 bits per heavy atom. The topological polar surface area (TPSA) is 6.48 Å². The van der Waals surface area contributed by atoms with E-state index in [4.69, 9.17) is 0 Å². The molecule has 254 valence electrons. The number of alkyl halides is 3. The van der Waals surface area contributed by atoms with Gasteiger partial charge in [-0.15, -0.1) is 0 Å². The van der Waals surface area contributed by atoms with Gasteiger partial charge in [-0.3, -0.25) is 0 Å². The third kappa shape index (κ3) is 4.32. The van der Waals surface area contributed by atoms with Gasteiger partial charge >= 0.3 is 6.18 Å². The number of rotatable bonds is 4. The van der Waals surface area contributed by atoms with Crippen molar-refractivity contribution >= 4 is 33.5 Å². The molecule has 2 unspecified atom stereocenters. The van der Waals surface area contributed by atoms with Crippen LogP contribution in [0.3, 0.4) is 0 Å². The molecule has 0 aromatic heterocycles. The molecule has 0 spiro atoms. The number of nitrogens with zero attached hydrogens (tertiary/aromatic N) is 2. The minimum atomic E-state index is -4.43. The highest BCUT2D eigenvalue weighted by Gasteiger charge is 2.51. The van der Waals surface area contributed by atoms with Crippen LogP contribution < -0.4 is 9.80 Å². The smallest absolute Gasteiger partial charge is 0.338 e. The third-order valence-corrected chi connectivity index (χ3v) is 11.6. The summed E-state index contributed by atoms with van der Waals surface area (Å²) in [4.78, 5) is 4.01. The van der Waals surface area contributed by atoms with E-state index in [9.17, 15) is 0 Å². The molecular weight excluding hydrogens is 650 g/mol. The number of hydrogen-bond donors (Lipinski definition) is 0. The molecule has 52 heavy (non-hydrogen) atoms. The zero-order chi connectivity index (χ0) is 35.2. The SMILES string of the molecule is CC1Cc2ccccc2N1c1ccc2c(c1)C(c1ccccc1)(c1ccccc1)c1cc(N3c4ccccc4CC3C(F)(F)F)c3ccccc3c1-2. The summed E-state index contributed by atoms with van der Waals surface area (Å²) in [6.45, 7) is 2.27. The first-order chi connectivity index (χ1) is 25.4. The van der Waals surface area contributed by atoms with Gasteiger partial charge in [0.1, 0.15) is 6.04 Å². The van der Waals surface area contributed by atoms with E-state index < -0.39 is 17.6 Å². The zero-order valence-corrected chi connectivity index (χ0v) is 28.6. The lowest BCUT2D eigenvalue weighted by atomic mass is 9.67. The summed E-state index contributed by atoms with van der Waals surface area (Å²) in [6.07, 6.45) is -3.57. The van der Waals surface area contributed by atoms with Gasteiger partial charge in [0.05, 0.1) is 5.41 Å². The maximum absolute atomic E-state index is 15.1. The molecule has 0 N–H and O–H groups in total. The standard InChI is InChI=1S/C47H35F3N2/c1-30-26-31-14-8-12-22-41(31)51(30)35-24-25-38-39(28-35)46(33-16-4-2-5-17-33,34-18-6-3-7-19-34)40-29-43(36-20-10-11-21-37(36)45(38)40)52-42-23-13-9-15-32(42)27-44(52)47(48,49)50/h2-25,28-30,44H,26-27H2,1H3. The molecule has 1 aliphatic carbocycles. The molecule has 2 heterocycles. The molecule has 0 saturated carbocycles. The molecule has 2 atom stereocenters. The predicted molar refractivity (Wildman–Crippen MR) is 205 cm³/mol. The van der Waals surface area contributed by atoms with Gasteiger partial charge in [-0.05, 0) is 93.6 Å². The van der Waals surface area contributed by atoms with Crippen LogP contribution in [0.5, 0.6) is 0 Å². The van der Waals surface area contributed by atoms with E-state index in [0.717, 1.165) is 56.3 Å². The summed E-state index contributed by atoms with van der Waals surface area (Å²) in [7, 11) is 0. The van der Waals surface area contributed by atoms with Gasteiger partial charge in [0, 0.05) is 40.6 Å². The predicted octanol–water partition coefficient (Wildman–Crippen LogP) is 11.9. The second-order valence-corrected chi connectivity index (χ2v) is 14.4. The molecule has 5 heteroatoms. The van der Waals surface area contributed by atoms with Gasteiger partial charge in [-0.25, -0.2) is 0 Å². The Kier molecular flexibility index (Phi) is 6.76. The van der Waals surface area contributed by atoms with Crippen molar-refractivity contribution < 1.29 is 13.2 Å². The lowest BCUT2D eigenvalue weighted by Gasteiger charge is -2.36. The maximum atomic E-state index is 15.1. The van der Waals surface area contributed by atoms with Gasteiger partial charge < -0.3 is 9.80 Å². The monoisotopic (exact) mass is 684 g/mol. The molecule has 0 bridgehead atoms. The van der Waals surface area contributed by atoms with E-state index in [1.54, 1.807) is 4.90 Å².